The Morgan fingerprint density at radius 3 is 2.93 bits per heavy atom. The van der Waals surface area contributed by atoms with E-state index < -0.39 is 0 Å². The molecular weight excluding hydrogens is 274 g/mol. The molecule has 2 nitrogen and oxygen atoms in total. The highest BCUT2D eigenvalue weighted by molar-refractivity contribution is 9.10. The van der Waals surface area contributed by atoms with Crippen molar-refractivity contribution in [2.45, 2.75) is 6.54 Å². The van der Waals surface area contributed by atoms with Crippen LogP contribution in [0.3, 0.4) is 0 Å². The van der Waals surface area contributed by atoms with Crippen molar-refractivity contribution >= 4 is 27.7 Å². The number of benzene rings is 1. The Kier molecular flexibility index (Phi) is 6.13. The minimum atomic E-state index is 0.763. The van der Waals surface area contributed by atoms with Crippen LogP contribution in [0, 0.1) is 0 Å². The lowest BCUT2D eigenvalue weighted by Crippen LogP contribution is -2.08. The zero-order valence-corrected chi connectivity index (χ0v) is 11.5. The molecule has 0 amide bonds. The quantitative estimate of drug-likeness (QED) is 0.814. The smallest absolute Gasteiger partial charge is 0.123 e. The van der Waals surface area contributed by atoms with Crippen LogP contribution in [-0.4, -0.2) is 25.7 Å². The molecule has 84 valence electrons. The molecule has 0 aliphatic rings. The van der Waals surface area contributed by atoms with Crippen LogP contribution in [0.2, 0.25) is 0 Å². The predicted octanol–water partition coefficient (Wildman–Crippen LogP) is 2.91. The number of hydrogen-bond donors (Lipinski definition) is 1. The SMILES string of the molecule is CNCc1cc(Br)ccc1OCCSC. The van der Waals surface area contributed by atoms with E-state index in [2.05, 4.69) is 33.6 Å². The van der Waals surface area contributed by atoms with Crippen molar-refractivity contribution in [1.29, 1.82) is 0 Å². The van der Waals surface area contributed by atoms with E-state index in [4.69, 9.17) is 4.74 Å². The van der Waals surface area contributed by atoms with Gasteiger partial charge in [0.2, 0.25) is 0 Å². The Hall–Kier alpha value is -0.190. The summed E-state index contributed by atoms with van der Waals surface area (Å²) in [4.78, 5) is 0. The molecule has 0 saturated carbocycles. The van der Waals surface area contributed by atoms with Gasteiger partial charge in [0.15, 0.2) is 0 Å². The van der Waals surface area contributed by atoms with Crippen LogP contribution in [0.1, 0.15) is 5.56 Å². The number of ether oxygens (including phenoxy) is 1. The highest BCUT2D eigenvalue weighted by atomic mass is 79.9. The van der Waals surface area contributed by atoms with Gasteiger partial charge in [-0.25, -0.2) is 0 Å². The number of hydrogen-bond acceptors (Lipinski definition) is 3. The molecule has 1 aromatic rings. The lowest BCUT2D eigenvalue weighted by atomic mass is 10.2. The topological polar surface area (TPSA) is 21.3 Å². The van der Waals surface area contributed by atoms with Gasteiger partial charge in [-0.15, -0.1) is 0 Å². The summed E-state index contributed by atoms with van der Waals surface area (Å²) in [5.74, 6) is 2.00. The van der Waals surface area contributed by atoms with Crippen molar-refractivity contribution in [3.63, 3.8) is 0 Å². The molecular formula is C11H16BrNOS. The molecule has 1 rings (SSSR count). The van der Waals surface area contributed by atoms with E-state index in [-0.39, 0.29) is 0 Å². The molecule has 4 heteroatoms. The van der Waals surface area contributed by atoms with Gasteiger partial charge in [0, 0.05) is 22.3 Å². The van der Waals surface area contributed by atoms with E-state index in [0.29, 0.717) is 0 Å². The standard InChI is InChI=1S/C11H16BrNOS/c1-13-8-9-7-10(12)3-4-11(9)14-5-6-15-2/h3-4,7,13H,5-6,8H2,1-2H3. The van der Waals surface area contributed by atoms with Crippen LogP contribution in [-0.2, 0) is 6.54 Å². The maximum absolute atomic E-state index is 5.70. The first-order valence-electron chi connectivity index (χ1n) is 4.82. The summed E-state index contributed by atoms with van der Waals surface area (Å²) < 4.78 is 6.79. The Bertz CT molecular complexity index is 307. The second-order valence-electron chi connectivity index (χ2n) is 3.12. The van der Waals surface area contributed by atoms with Gasteiger partial charge in [-0.1, -0.05) is 15.9 Å². The number of halogens is 1. The molecule has 0 atom stereocenters. The Balaban J connectivity index is 2.67. The zero-order chi connectivity index (χ0) is 11.1. The molecule has 0 heterocycles. The lowest BCUT2D eigenvalue weighted by molar-refractivity contribution is 0.339. The zero-order valence-electron chi connectivity index (χ0n) is 9.05. The summed E-state index contributed by atoms with van der Waals surface area (Å²) in [7, 11) is 1.94. The average Bonchev–Trinajstić information content (AvgIpc) is 2.22. The molecule has 1 N–H and O–H groups in total. The molecule has 0 radical (unpaired) electrons. The van der Waals surface area contributed by atoms with E-state index in [1.807, 2.05) is 19.2 Å². The molecule has 0 aliphatic carbocycles. The predicted molar refractivity (Wildman–Crippen MR) is 70.8 cm³/mol. The van der Waals surface area contributed by atoms with Gasteiger partial charge >= 0.3 is 0 Å². The average molecular weight is 290 g/mol. The molecule has 0 bridgehead atoms. The maximum Gasteiger partial charge on any atom is 0.123 e. The summed E-state index contributed by atoms with van der Waals surface area (Å²) in [5, 5.41) is 3.14. The third-order valence-electron chi connectivity index (χ3n) is 1.93. The van der Waals surface area contributed by atoms with Crippen molar-refractivity contribution in [3.05, 3.63) is 28.2 Å². The van der Waals surface area contributed by atoms with Gasteiger partial charge in [0.25, 0.3) is 0 Å². The largest absolute Gasteiger partial charge is 0.492 e. The third-order valence-corrected chi connectivity index (χ3v) is 3.00. The van der Waals surface area contributed by atoms with E-state index in [1.54, 1.807) is 11.8 Å². The number of thioether (sulfide) groups is 1. The van der Waals surface area contributed by atoms with E-state index in [0.717, 1.165) is 29.1 Å². The Morgan fingerprint density at radius 1 is 1.47 bits per heavy atom. The number of nitrogens with one attached hydrogen (secondary N) is 1. The fourth-order valence-electron chi connectivity index (χ4n) is 1.25. The third kappa shape index (κ3) is 4.45. The van der Waals surface area contributed by atoms with Crippen molar-refractivity contribution < 1.29 is 4.74 Å². The van der Waals surface area contributed by atoms with Crippen LogP contribution < -0.4 is 10.1 Å². The summed E-state index contributed by atoms with van der Waals surface area (Å²) in [6, 6.07) is 6.11. The Morgan fingerprint density at radius 2 is 2.27 bits per heavy atom. The molecule has 15 heavy (non-hydrogen) atoms. The molecule has 1 aromatic carbocycles. The van der Waals surface area contributed by atoms with Crippen molar-refractivity contribution in [3.8, 4) is 5.75 Å². The highest BCUT2D eigenvalue weighted by Gasteiger charge is 2.03. The first-order chi connectivity index (χ1) is 7.27. The fourth-order valence-corrected chi connectivity index (χ4v) is 1.91. The monoisotopic (exact) mass is 289 g/mol. The van der Waals surface area contributed by atoms with Crippen LogP contribution in [0.25, 0.3) is 0 Å². The first kappa shape index (κ1) is 12.9. The normalized spacial score (nSPS) is 10.3. The molecule has 0 fully saturated rings. The van der Waals surface area contributed by atoms with Crippen molar-refractivity contribution in [2.24, 2.45) is 0 Å². The van der Waals surface area contributed by atoms with Gasteiger partial charge in [-0.05, 0) is 31.5 Å². The second kappa shape index (κ2) is 7.14. The van der Waals surface area contributed by atoms with Crippen LogP contribution in [0.15, 0.2) is 22.7 Å². The molecule has 0 aromatic heterocycles. The second-order valence-corrected chi connectivity index (χ2v) is 5.02. The van der Waals surface area contributed by atoms with Gasteiger partial charge in [-0.2, -0.15) is 11.8 Å². The van der Waals surface area contributed by atoms with Gasteiger partial charge < -0.3 is 10.1 Å². The summed E-state index contributed by atoms with van der Waals surface area (Å²) in [6.07, 6.45) is 2.08. The van der Waals surface area contributed by atoms with Gasteiger partial charge in [-0.3, -0.25) is 0 Å². The van der Waals surface area contributed by atoms with Gasteiger partial charge in [0.05, 0.1) is 6.61 Å². The van der Waals surface area contributed by atoms with Crippen LogP contribution >= 0.6 is 27.7 Å². The molecule has 0 spiro atoms. The summed E-state index contributed by atoms with van der Waals surface area (Å²) >= 11 is 5.25. The fraction of sp³-hybridized carbons (Fsp3) is 0.455. The maximum atomic E-state index is 5.70. The van der Waals surface area contributed by atoms with Gasteiger partial charge in [0.1, 0.15) is 5.75 Å². The molecule has 0 saturated heterocycles. The lowest BCUT2D eigenvalue weighted by Gasteiger charge is -2.11. The van der Waals surface area contributed by atoms with Crippen LogP contribution in [0.4, 0.5) is 0 Å². The van der Waals surface area contributed by atoms with E-state index in [9.17, 15) is 0 Å². The van der Waals surface area contributed by atoms with Crippen molar-refractivity contribution in [2.75, 3.05) is 25.7 Å². The highest BCUT2D eigenvalue weighted by Crippen LogP contribution is 2.23. The number of rotatable bonds is 6. The summed E-state index contributed by atoms with van der Waals surface area (Å²) in [6.45, 7) is 1.59. The van der Waals surface area contributed by atoms with E-state index in [1.165, 1.54) is 5.56 Å². The van der Waals surface area contributed by atoms with Crippen LogP contribution in [0.5, 0.6) is 5.75 Å². The minimum absolute atomic E-state index is 0.763. The van der Waals surface area contributed by atoms with Crippen molar-refractivity contribution in [1.82, 2.24) is 5.32 Å². The Labute approximate surface area is 104 Å². The molecule has 0 aliphatic heterocycles. The minimum Gasteiger partial charge on any atom is -0.492 e. The van der Waals surface area contributed by atoms with E-state index >= 15 is 0 Å². The first-order valence-corrected chi connectivity index (χ1v) is 7.01. The molecule has 0 unspecified atom stereocenters. The summed E-state index contributed by atoms with van der Waals surface area (Å²) in [5.41, 5.74) is 1.19.